The number of benzene rings is 2. The van der Waals surface area contributed by atoms with Crippen molar-refractivity contribution < 1.29 is 14.3 Å². The quantitative estimate of drug-likeness (QED) is 0.631. The molecule has 25 heavy (non-hydrogen) atoms. The number of amides is 1. The van der Waals surface area contributed by atoms with Crippen LogP contribution in [0.25, 0.3) is 0 Å². The van der Waals surface area contributed by atoms with E-state index in [2.05, 4.69) is 5.32 Å². The van der Waals surface area contributed by atoms with Crippen molar-refractivity contribution in [3.05, 3.63) is 58.6 Å². The summed E-state index contributed by atoms with van der Waals surface area (Å²) in [5.41, 5.74) is 2.32. The van der Waals surface area contributed by atoms with E-state index in [9.17, 15) is 4.79 Å². The van der Waals surface area contributed by atoms with Gasteiger partial charge in [0.2, 0.25) is 0 Å². The summed E-state index contributed by atoms with van der Waals surface area (Å²) in [6, 6.07) is 12.8. The number of hydrogen-bond acceptors (Lipinski definition) is 4. The monoisotopic (exact) mass is 379 g/mol. The Balaban J connectivity index is 2.07. The Bertz CT molecular complexity index is 692. The highest BCUT2D eigenvalue weighted by Gasteiger charge is 2.13. The Kier molecular flexibility index (Phi) is 8.12. The van der Waals surface area contributed by atoms with Crippen LogP contribution in [0.1, 0.15) is 22.8 Å². The predicted molar refractivity (Wildman–Crippen MR) is 105 cm³/mol. The lowest BCUT2D eigenvalue weighted by Gasteiger charge is -2.14. The van der Waals surface area contributed by atoms with Gasteiger partial charge >= 0.3 is 0 Å². The topological polar surface area (TPSA) is 47.6 Å². The lowest BCUT2D eigenvalue weighted by molar-refractivity contribution is 0.102. The van der Waals surface area contributed by atoms with Crippen LogP contribution in [0, 0.1) is 0 Å². The molecule has 2 aromatic rings. The summed E-state index contributed by atoms with van der Waals surface area (Å²) < 4.78 is 10.9. The highest BCUT2D eigenvalue weighted by Crippen LogP contribution is 2.33. The van der Waals surface area contributed by atoms with Crippen LogP contribution in [0.4, 0.5) is 5.69 Å². The van der Waals surface area contributed by atoms with Gasteiger partial charge in [0.15, 0.2) is 5.75 Å². The molecule has 1 N–H and O–H groups in total. The van der Waals surface area contributed by atoms with Crippen LogP contribution in [0.3, 0.4) is 0 Å². The molecule has 0 saturated heterocycles. The minimum atomic E-state index is -0.201. The van der Waals surface area contributed by atoms with E-state index in [1.54, 1.807) is 30.0 Å². The Hall–Kier alpha value is -1.69. The lowest BCUT2D eigenvalue weighted by Crippen LogP contribution is -2.14. The lowest BCUT2D eigenvalue weighted by atomic mass is 10.1. The maximum Gasteiger partial charge on any atom is 0.255 e. The Morgan fingerprint density at radius 2 is 1.92 bits per heavy atom. The van der Waals surface area contributed by atoms with Gasteiger partial charge in [0.1, 0.15) is 6.61 Å². The number of para-hydroxylation sites is 1. The van der Waals surface area contributed by atoms with Crippen LogP contribution in [0.2, 0.25) is 5.02 Å². The molecule has 0 aromatic heterocycles. The third kappa shape index (κ3) is 5.96. The van der Waals surface area contributed by atoms with Crippen molar-refractivity contribution in [3.63, 3.8) is 0 Å². The van der Waals surface area contributed by atoms with E-state index in [1.807, 2.05) is 37.4 Å². The first kappa shape index (κ1) is 19.6. The summed E-state index contributed by atoms with van der Waals surface area (Å²) in [6.07, 6.45) is 2.05. The minimum absolute atomic E-state index is 0.201. The molecule has 2 aromatic carbocycles. The number of carbonyl (C=O) groups excluding carboxylic acids is 1. The van der Waals surface area contributed by atoms with Crippen LogP contribution >= 0.6 is 23.4 Å². The largest absolute Gasteiger partial charge is 0.487 e. The fourth-order valence-electron chi connectivity index (χ4n) is 2.21. The normalized spacial score (nSPS) is 10.5. The number of rotatable bonds is 9. The molecule has 0 fully saturated rings. The van der Waals surface area contributed by atoms with Crippen molar-refractivity contribution in [2.24, 2.45) is 0 Å². The molecule has 0 spiro atoms. The van der Waals surface area contributed by atoms with Crippen LogP contribution in [0.15, 0.2) is 42.5 Å². The number of anilines is 1. The van der Waals surface area contributed by atoms with Crippen LogP contribution in [0.5, 0.6) is 5.75 Å². The van der Waals surface area contributed by atoms with E-state index in [0.717, 1.165) is 5.75 Å². The van der Waals surface area contributed by atoms with E-state index in [4.69, 9.17) is 21.1 Å². The number of thioether (sulfide) groups is 1. The molecule has 0 unspecified atom stereocenters. The van der Waals surface area contributed by atoms with E-state index < -0.39 is 0 Å². The summed E-state index contributed by atoms with van der Waals surface area (Å²) in [7, 11) is 0. The van der Waals surface area contributed by atoms with Crippen LogP contribution in [-0.2, 0) is 10.5 Å². The number of carbonyl (C=O) groups is 1. The molecule has 0 aliphatic rings. The standard InChI is InChI=1S/C19H22ClNO3S/c1-3-23-11-12-24-18-16(20)5-4-6-17(18)21-19(22)15-9-7-14(8-10-15)13-25-2/h4-10H,3,11-13H2,1-2H3,(H,21,22). The summed E-state index contributed by atoms with van der Waals surface area (Å²) >= 11 is 7.95. The van der Waals surface area contributed by atoms with Gasteiger partial charge in [-0.2, -0.15) is 11.8 Å². The Labute approximate surface area is 157 Å². The molecule has 1 amide bonds. The number of nitrogens with one attached hydrogen (secondary N) is 1. The number of ether oxygens (including phenoxy) is 2. The second kappa shape index (κ2) is 10.3. The van der Waals surface area contributed by atoms with Crippen molar-refractivity contribution in [1.82, 2.24) is 0 Å². The van der Waals surface area contributed by atoms with E-state index in [0.29, 0.717) is 41.8 Å². The van der Waals surface area contributed by atoms with Gasteiger partial charge in [-0.15, -0.1) is 0 Å². The molecule has 0 bridgehead atoms. The van der Waals surface area contributed by atoms with Crippen molar-refractivity contribution in [2.45, 2.75) is 12.7 Å². The van der Waals surface area contributed by atoms with Crippen molar-refractivity contribution >= 4 is 35.0 Å². The van der Waals surface area contributed by atoms with E-state index in [-0.39, 0.29) is 5.91 Å². The van der Waals surface area contributed by atoms with Gasteiger partial charge in [-0.1, -0.05) is 29.8 Å². The smallest absolute Gasteiger partial charge is 0.255 e. The summed E-state index contributed by atoms with van der Waals surface area (Å²) in [5.74, 6) is 1.18. The molecule has 134 valence electrons. The number of hydrogen-bond donors (Lipinski definition) is 1. The average Bonchev–Trinajstić information content (AvgIpc) is 2.61. The van der Waals surface area contributed by atoms with Gasteiger partial charge in [-0.3, -0.25) is 4.79 Å². The SMILES string of the molecule is CCOCCOc1c(Cl)cccc1NC(=O)c1ccc(CSC)cc1. The predicted octanol–water partition coefficient (Wildman–Crippen LogP) is 4.87. The Morgan fingerprint density at radius 1 is 1.16 bits per heavy atom. The average molecular weight is 380 g/mol. The molecular weight excluding hydrogens is 358 g/mol. The first-order chi connectivity index (χ1) is 12.2. The summed E-state index contributed by atoms with van der Waals surface area (Å²) in [5, 5.41) is 3.31. The van der Waals surface area contributed by atoms with Gasteiger partial charge in [-0.05, 0) is 43.0 Å². The molecule has 2 rings (SSSR count). The van der Waals surface area contributed by atoms with Crippen molar-refractivity contribution in [1.29, 1.82) is 0 Å². The molecular formula is C19H22ClNO3S. The Morgan fingerprint density at radius 3 is 2.60 bits per heavy atom. The maximum absolute atomic E-state index is 12.5. The van der Waals surface area contributed by atoms with Gasteiger partial charge in [-0.25, -0.2) is 0 Å². The van der Waals surface area contributed by atoms with E-state index in [1.165, 1.54) is 5.56 Å². The fourth-order valence-corrected chi connectivity index (χ4v) is 2.97. The second-order valence-corrected chi connectivity index (χ2v) is 6.52. The zero-order valence-electron chi connectivity index (χ0n) is 14.4. The minimum Gasteiger partial charge on any atom is -0.487 e. The maximum atomic E-state index is 12.5. The summed E-state index contributed by atoms with van der Waals surface area (Å²) in [6.45, 7) is 3.38. The van der Waals surface area contributed by atoms with Crippen molar-refractivity contribution in [3.8, 4) is 5.75 Å². The first-order valence-electron chi connectivity index (χ1n) is 8.04. The van der Waals surface area contributed by atoms with Gasteiger partial charge in [0, 0.05) is 17.9 Å². The molecule has 0 atom stereocenters. The molecule has 4 nitrogen and oxygen atoms in total. The highest BCUT2D eigenvalue weighted by atomic mass is 35.5. The number of halogens is 1. The van der Waals surface area contributed by atoms with E-state index >= 15 is 0 Å². The van der Waals surface area contributed by atoms with Crippen LogP contribution < -0.4 is 10.1 Å². The molecule has 0 aliphatic carbocycles. The van der Waals surface area contributed by atoms with Gasteiger partial charge in [0.25, 0.3) is 5.91 Å². The zero-order valence-corrected chi connectivity index (χ0v) is 16.0. The second-order valence-electron chi connectivity index (χ2n) is 5.25. The van der Waals surface area contributed by atoms with Crippen molar-refractivity contribution in [2.75, 3.05) is 31.4 Å². The zero-order chi connectivity index (χ0) is 18.1. The highest BCUT2D eigenvalue weighted by molar-refractivity contribution is 7.97. The molecule has 0 heterocycles. The van der Waals surface area contributed by atoms with Gasteiger partial charge in [0.05, 0.1) is 17.3 Å². The van der Waals surface area contributed by atoms with Crippen LogP contribution in [-0.4, -0.2) is 32.0 Å². The third-order valence-electron chi connectivity index (χ3n) is 3.42. The third-order valence-corrected chi connectivity index (χ3v) is 4.34. The molecule has 0 aliphatic heterocycles. The first-order valence-corrected chi connectivity index (χ1v) is 9.81. The molecule has 0 saturated carbocycles. The summed E-state index contributed by atoms with van der Waals surface area (Å²) in [4.78, 5) is 12.5. The molecule has 0 radical (unpaired) electrons. The van der Waals surface area contributed by atoms with Gasteiger partial charge < -0.3 is 14.8 Å². The molecule has 6 heteroatoms. The fraction of sp³-hybridized carbons (Fsp3) is 0.316.